The Morgan fingerprint density at radius 3 is 2.40 bits per heavy atom. The number of carbonyl (C=O) groups is 1. The highest BCUT2D eigenvalue weighted by Gasteiger charge is 2.11. The smallest absolute Gasteiger partial charge is 0.269 e. The molecule has 0 radical (unpaired) electrons. The van der Waals surface area contributed by atoms with Crippen molar-refractivity contribution in [1.82, 2.24) is 4.90 Å². The van der Waals surface area contributed by atoms with Crippen LogP contribution in [0, 0.1) is 16.0 Å². The van der Waals surface area contributed by atoms with Gasteiger partial charge in [-0.05, 0) is 17.9 Å². The molecule has 0 aromatic heterocycles. The molecule has 0 saturated carbocycles. The summed E-state index contributed by atoms with van der Waals surface area (Å²) in [7, 11) is 0. The third kappa shape index (κ3) is 5.79. The maximum Gasteiger partial charge on any atom is 0.269 e. The van der Waals surface area contributed by atoms with Gasteiger partial charge in [-0.3, -0.25) is 19.8 Å². The molecule has 0 heterocycles. The number of benzene rings is 1. The Kier molecular flexibility index (Phi) is 6.11. The average molecular weight is 279 g/mol. The molecule has 0 unspecified atom stereocenters. The first-order valence-corrected chi connectivity index (χ1v) is 6.62. The number of nitrogens with two attached hydrogens (primary N) is 1. The van der Waals surface area contributed by atoms with Crippen molar-refractivity contribution in [3.05, 3.63) is 39.9 Å². The van der Waals surface area contributed by atoms with Gasteiger partial charge < -0.3 is 5.73 Å². The van der Waals surface area contributed by atoms with Crippen molar-refractivity contribution < 1.29 is 9.72 Å². The van der Waals surface area contributed by atoms with Crippen LogP contribution in [0.3, 0.4) is 0 Å². The minimum atomic E-state index is -0.415. The van der Waals surface area contributed by atoms with E-state index >= 15 is 0 Å². The second kappa shape index (κ2) is 7.59. The summed E-state index contributed by atoms with van der Waals surface area (Å²) >= 11 is 0. The van der Waals surface area contributed by atoms with Gasteiger partial charge in [0.2, 0.25) is 5.91 Å². The number of amides is 1. The number of nitrogens with zero attached hydrogens (tertiary/aromatic N) is 2. The van der Waals surface area contributed by atoms with Gasteiger partial charge in [0.1, 0.15) is 0 Å². The minimum absolute atomic E-state index is 0.0879. The molecule has 1 aromatic carbocycles. The summed E-state index contributed by atoms with van der Waals surface area (Å²) in [6.45, 7) is 5.92. The molecule has 0 aliphatic rings. The first-order valence-electron chi connectivity index (χ1n) is 6.62. The van der Waals surface area contributed by atoms with E-state index in [1.165, 1.54) is 12.1 Å². The predicted molar refractivity (Wildman–Crippen MR) is 77.3 cm³/mol. The largest absolute Gasteiger partial charge is 0.369 e. The van der Waals surface area contributed by atoms with E-state index < -0.39 is 4.92 Å². The molecule has 1 amide bonds. The lowest BCUT2D eigenvalue weighted by Crippen LogP contribution is -2.37. The first kappa shape index (κ1) is 16.1. The highest BCUT2D eigenvalue weighted by molar-refractivity contribution is 5.75. The van der Waals surface area contributed by atoms with E-state index in [2.05, 4.69) is 13.8 Å². The van der Waals surface area contributed by atoms with Gasteiger partial charge in [-0.15, -0.1) is 0 Å². The molecule has 6 heteroatoms. The van der Waals surface area contributed by atoms with Crippen molar-refractivity contribution in [3.8, 4) is 0 Å². The van der Waals surface area contributed by atoms with Gasteiger partial charge in [0.05, 0.1) is 11.5 Å². The fourth-order valence-electron chi connectivity index (χ4n) is 2.04. The van der Waals surface area contributed by atoms with Gasteiger partial charge in [-0.2, -0.15) is 0 Å². The molecule has 0 saturated heterocycles. The number of carbonyl (C=O) groups excluding carboxylic acids is 1. The number of hydrogen-bond donors (Lipinski definition) is 1. The second-order valence-corrected chi connectivity index (χ2v) is 5.27. The Bertz CT molecular complexity index is 457. The van der Waals surface area contributed by atoms with Crippen LogP contribution in [0.25, 0.3) is 0 Å². The van der Waals surface area contributed by atoms with Crippen LogP contribution in [0.4, 0.5) is 5.69 Å². The maximum atomic E-state index is 11.0. The summed E-state index contributed by atoms with van der Waals surface area (Å²) in [5.74, 6) is 0.112. The van der Waals surface area contributed by atoms with Crippen molar-refractivity contribution in [3.63, 3.8) is 0 Å². The van der Waals surface area contributed by atoms with Crippen molar-refractivity contribution in [2.24, 2.45) is 11.7 Å². The van der Waals surface area contributed by atoms with Crippen LogP contribution in [0.15, 0.2) is 24.3 Å². The molecule has 0 aliphatic carbocycles. The molecule has 2 N–H and O–H groups in total. The van der Waals surface area contributed by atoms with Crippen molar-refractivity contribution in [1.29, 1.82) is 0 Å². The summed E-state index contributed by atoms with van der Waals surface area (Å²) in [5.41, 5.74) is 6.33. The third-order valence-electron chi connectivity index (χ3n) is 2.87. The zero-order valence-corrected chi connectivity index (χ0v) is 11.9. The quantitative estimate of drug-likeness (QED) is 0.578. The lowest BCUT2D eigenvalue weighted by molar-refractivity contribution is -0.384. The van der Waals surface area contributed by atoms with Crippen LogP contribution in [0.5, 0.6) is 0 Å². The molecule has 20 heavy (non-hydrogen) atoms. The van der Waals surface area contributed by atoms with E-state index in [-0.39, 0.29) is 18.1 Å². The van der Waals surface area contributed by atoms with Gasteiger partial charge in [0.15, 0.2) is 0 Å². The minimum Gasteiger partial charge on any atom is -0.369 e. The van der Waals surface area contributed by atoms with Crippen LogP contribution < -0.4 is 5.73 Å². The molecular weight excluding hydrogens is 258 g/mol. The Balaban J connectivity index is 2.57. The standard InChI is InChI=1S/C14H21N3O3/c1-11(2)9-16(10-14(15)18)8-7-12-3-5-13(6-4-12)17(19)20/h3-6,11H,7-10H2,1-2H3,(H2,15,18). The molecule has 1 rings (SSSR count). The predicted octanol–water partition coefficient (Wildman–Crippen LogP) is 1.58. The summed E-state index contributed by atoms with van der Waals surface area (Å²) in [5, 5.41) is 10.6. The molecule has 0 fully saturated rings. The Morgan fingerprint density at radius 1 is 1.35 bits per heavy atom. The van der Waals surface area contributed by atoms with E-state index in [0.29, 0.717) is 12.5 Å². The molecule has 1 aromatic rings. The van der Waals surface area contributed by atoms with E-state index in [1.807, 2.05) is 4.90 Å². The van der Waals surface area contributed by atoms with E-state index in [9.17, 15) is 14.9 Å². The number of non-ortho nitro benzene ring substituents is 1. The number of nitro benzene ring substituents is 1. The van der Waals surface area contributed by atoms with Crippen molar-refractivity contribution >= 4 is 11.6 Å². The Hall–Kier alpha value is -1.95. The average Bonchev–Trinajstić information content (AvgIpc) is 2.35. The molecule has 0 aliphatic heterocycles. The zero-order valence-electron chi connectivity index (χ0n) is 11.9. The highest BCUT2D eigenvalue weighted by Crippen LogP contribution is 2.12. The van der Waals surface area contributed by atoms with Gasteiger partial charge in [-0.25, -0.2) is 0 Å². The van der Waals surface area contributed by atoms with Gasteiger partial charge in [0, 0.05) is 25.2 Å². The van der Waals surface area contributed by atoms with Crippen LogP contribution in [-0.4, -0.2) is 35.4 Å². The molecule has 6 nitrogen and oxygen atoms in total. The van der Waals surface area contributed by atoms with E-state index in [1.54, 1.807) is 12.1 Å². The normalized spacial score (nSPS) is 11.0. The third-order valence-corrected chi connectivity index (χ3v) is 2.87. The van der Waals surface area contributed by atoms with Crippen LogP contribution in [0.1, 0.15) is 19.4 Å². The first-order chi connectivity index (χ1) is 9.38. The summed E-state index contributed by atoms with van der Waals surface area (Å²) in [6, 6.07) is 6.48. The summed E-state index contributed by atoms with van der Waals surface area (Å²) in [6.07, 6.45) is 0.734. The Labute approximate surface area is 118 Å². The topological polar surface area (TPSA) is 89.5 Å². The maximum absolute atomic E-state index is 11.0. The SMILES string of the molecule is CC(C)CN(CCc1ccc([N+](=O)[O-])cc1)CC(N)=O. The number of rotatable bonds is 8. The molecule has 0 bridgehead atoms. The lowest BCUT2D eigenvalue weighted by Gasteiger charge is -2.22. The van der Waals surface area contributed by atoms with Crippen LogP contribution in [-0.2, 0) is 11.2 Å². The van der Waals surface area contributed by atoms with Crippen molar-refractivity contribution in [2.75, 3.05) is 19.6 Å². The lowest BCUT2D eigenvalue weighted by atomic mass is 10.1. The van der Waals surface area contributed by atoms with Gasteiger partial charge >= 0.3 is 0 Å². The molecular formula is C14H21N3O3. The van der Waals surface area contributed by atoms with Crippen LogP contribution in [0.2, 0.25) is 0 Å². The van der Waals surface area contributed by atoms with Gasteiger partial charge in [-0.1, -0.05) is 26.0 Å². The van der Waals surface area contributed by atoms with Crippen LogP contribution >= 0.6 is 0 Å². The molecule has 110 valence electrons. The number of primary amides is 1. The fraction of sp³-hybridized carbons (Fsp3) is 0.500. The fourth-order valence-corrected chi connectivity index (χ4v) is 2.04. The number of hydrogen-bond acceptors (Lipinski definition) is 4. The van der Waals surface area contributed by atoms with Crippen molar-refractivity contribution in [2.45, 2.75) is 20.3 Å². The van der Waals surface area contributed by atoms with Gasteiger partial charge in [0.25, 0.3) is 5.69 Å². The summed E-state index contributed by atoms with van der Waals surface area (Å²) in [4.78, 5) is 23.2. The molecule has 0 atom stereocenters. The summed E-state index contributed by atoms with van der Waals surface area (Å²) < 4.78 is 0. The monoisotopic (exact) mass is 279 g/mol. The Morgan fingerprint density at radius 2 is 1.95 bits per heavy atom. The number of nitro groups is 1. The molecule has 0 spiro atoms. The second-order valence-electron chi connectivity index (χ2n) is 5.27. The van der Waals surface area contributed by atoms with E-state index in [0.717, 1.165) is 18.5 Å². The highest BCUT2D eigenvalue weighted by atomic mass is 16.6. The van der Waals surface area contributed by atoms with E-state index in [4.69, 9.17) is 5.73 Å². The zero-order chi connectivity index (χ0) is 15.1.